The van der Waals surface area contributed by atoms with Gasteiger partial charge >= 0.3 is 0 Å². The van der Waals surface area contributed by atoms with Gasteiger partial charge in [0.25, 0.3) is 0 Å². The van der Waals surface area contributed by atoms with Crippen LogP contribution in [0.5, 0.6) is 0 Å². The van der Waals surface area contributed by atoms with Crippen molar-refractivity contribution in [2.24, 2.45) is 0 Å². The third kappa shape index (κ3) is 2.43. The predicted molar refractivity (Wildman–Crippen MR) is 33.8 cm³/mol. The summed E-state index contributed by atoms with van der Waals surface area (Å²) in [6.07, 6.45) is 1.21. The van der Waals surface area contributed by atoms with Gasteiger partial charge in [0.05, 0.1) is 12.2 Å². The lowest BCUT2D eigenvalue weighted by molar-refractivity contribution is 0.753. The third-order valence-corrected chi connectivity index (χ3v) is 2.08. The molecular weight excluding hydrogens is 130 g/mol. The van der Waals surface area contributed by atoms with Crippen LogP contribution in [0.1, 0.15) is 6.42 Å². The molecule has 1 fully saturated rings. The summed E-state index contributed by atoms with van der Waals surface area (Å²) in [6.45, 7) is 1.07. The van der Waals surface area contributed by atoms with E-state index in [0.29, 0.717) is 0 Å². The molecule has 0 radical (unpaired) electrons. The highest BCUT2D eigenvalue weighted by Gasteiger charge is 1.96. The Hall–Kier alpha value is 0.620. The van der Waals surface area contributed by atoms with E-state index >= 15 is 0 Å². The van der Waals surface area contributed by atoms with E-state index in [9.17, 15) is 0 Å². The van der Waals surface area contributed by atoms with Gasteiger partial charge in [0.2, 0.25) is 0 Å². The molecule has 2 nitrogen and oxygen atoms in total. The molecule has 0 aromatic rings. The van der Waals surface area contributed by atoms with Crippen LogP contribution in [0.25, 0.3) is 0 Å². The fourth-order valence-corrected chi connectivity index (χ4v) is 1.47. The quantitative estimate of drug-likeness (QED) is 0.400. The highest BCUT2D eigenvalue weighted by atomic mass is 32.2. The largest absolute Gasteiger partial charge is 0.239 e. The summed E-state index contributed by atoms with van der Waals surface area (Å²) in [5, 5.41) is 0. The van der Waals surface area contributed by atoms with Gasteiger partial charge in [0.15, 0.2) is 0 Å². The van der Waals surface area contributed by atoms with Crippen molar-refractivity contribution in [1.82, 2.24) is 4.72 Å². The molecule has 1 saturated heterocycles. The molecule has 0 aliphatic carbocycles. The second-order valence-corrected chi connectivity index (χ2v) is 2.86. The first kappa shape index (κ1) is 5.75. The number of hydrogen-bond donors (Lipinski definition) is 1. The Morgan fingerprint density at radius 2 is 2.57 bits per heavy atom. The summed E-state index contributed by atoms with van der Waals surface area (Å²) in [7, 11) is 0. The Morgan fingerprint density at radius 1 is 1.57 bits per heavy atom. The monoisotopic (exact) mass is 137 g/mol. The van der Waals surface area contributed by atoms with Crippen molar-refractivity contribution in [2.75, 3.05) is 12.3 Å². The van der Waals surface area contributed by atoms with E-state index in [1.165, 1.54) is 30.7 Å². The zero-order valence-electron chi connectivity index (χ0n) is 3.85. The summed E-state index contributed by atoms with van der Waals surface area (Å²) in [6, 6.07) is 0. The third-order valence-electron chi connectivity index (χ3n) is 0.648. The van der Waals surface area contributed by atoms with E-state index in [2.05, 4.69) is 4.72 Å². The van der Waals surface area contributed by atoms with Gasteiger partial charge in [0, 0.05) is 24.3 Å². The molecule has 0 unspecified atom stereocenters. The number of nitrogens with one attached hydrogen (secondary N) is 1. The van der Waals surface area contributed by atoms with Crippen LogP contribution in [0.2, 0.25) is 0 Å². The van der Waals surface area contributed by atoms with Gasteiger partial charge in [-0.05, 0) is 6.42 Å². The number of hydrogen-bond acceptors (Lipinski definition) is 4. The van der Waals surface area contributed by atoms with Gasteiger partial charge in [-0.1, -0.05) is 0 Å². The SMILES string of the molecule is C1CNSOSC1. The fraction of sp³-hybridized carbons (Fsp3) is 1.00. The van der Waals surface area contributed by atoms with Gasteiger partial charge in [-0.25, -0.2) is 8.35 Å². The van der Waals surface area contributed by atoms with Gasteiger partial charge in [-0.2, -0.15) is 0 Å². The smallest absolute Gasteiger partial charge is 0.0933 e. The summed E-state index contributed by atoms with van der Waals surface area (Å²) >= 11 is 2.84. The molecule has 0 spiro atoms. The maximum absolute atomic E-state index is 4.92. The van der Waals surface area contributed by atoms with Crippen LogP contribution in [0.15, 0.2) is 0 Å². The molecule has 0 saturated carbocycles. The minimum absolute atomic E-state index is 1.07. The maximum Gasteiger partial charge on any atom is 0.0933 e. The van der Waals surface area contributed by atoms with Crippen molar-refractivity contribution in [1.29, 1.82) is 0 Å². The second kappa shape index (κ2) is 3.60. The molecule has 1 aliphatic heterocycles. The molecule has 42 valence electrons. The predicted octanol–water partition coefficient (Wildman–Crippen LogP) is 1.21. The fourth-order valence-electron chi connectivity index (χ4n) is 0.327. The van der Waals surface area contributed by atoms with Crippen molar-refractivity contribution in [3.63, 3.8) is 0 Å². The number of rotatable bonds is 0. The van der Waals surface area contributed by atoms with Crippen molar-refractivity contribution in [2.45, 2.75) is 6.42 Å². The highest BCUT2D eigenvalue weighted by Crippen LogP contribution is 2.15. The molecule has 0 aromatic carbocycles. The zero-order chi connectivity index (χ0) is 4.95. The maximum atomic E-state index is 4.92. The lowest BCUT2D eigenvalue weighted by Gasteiger charge is -1.89. The van der Waals surface area contributed by atoms with Crippen molar-refractivity contribution < 1.29 is 3.63 Å². The van der Waals surface area contributed by atoms with Gasteiger partial charge in [-0.15, -0.1) is 0 Å². The van der Waals surface area contributed by atoms with Gasteiger partial charge < -0.3 is 0 Å². The molecule has 0 aromatic heterocycles. The van der Waals surface area contributed by atoms with E-state index < -0.39 is 0 Å². The standard InChI is InChI=1S/C3H7NOS2/c1-2-4-7-5-6-3-1/h4H,1-3H2. The summed E-state index contributed by atoms with van der Waals surface area (Å²) < 4.78 is 7.94. The summed E-state index contributed by atoms with van der Waals surface area (Å²) in [5.74, 6) is 1.11. The molecule has 1 rings (SSSR count). The average Bonchev–Trinajstić information content (AvgIpc) is 1.90. The molecule has 0 bridgehead atoms. The lowest BCUT2D eigenvalue weighted by Crippen LogP contribution is -2.02. The van der Waals surface area contributed by atoms with Crippen LogP contribution >= 0.6 is 24.3 Å². The molecule has 0 amide bonds. The van der Waals surface area contributed by atoms with Crippen LogP contribution in [0.3, 0.4) is 0 Å². The Bertz CT molecular complexity index is 32.5. The van der Waals surface area contributed by atoms with E-state index in [1.807, 2.05) is 0 Å². The Balaban J connectivity index is 2.04. The average molecular weight is 137 g/mol. The van der Waals surface area contributed by atoms with E-state index in [4.69, 9.17) is 3.63 Å². The van der Waals surface area contributed by atoms with E-state index in [-0.39, 0.29) is 0 Å². The van der Waals surface area contributed by atoms with Crippen LogP contribution in [0, 0.1) is 0 Å². The Morgan fingerprint density at radius 3 is 3.57 bits per heavy atom. The van der Waals surface area contributed by atoms with Crippen LogP contribution < -0.4 is 4.72 Å². The topological polar surface area (TPSA) is 21.3 Å². The highest BCUT2D eigenvalue weighted by molar-refractivity contribution is 8.07. The lowest BCUT2D eigenvalue weighted by atomic mass is 10.5. The molecule has 1 heterocycles. The van der Waals surface area contributed by atoms with Crippen molar-refractivity contribution in [3.05, 3.63) is 0 Å². The normalized spacial score (nSPS) is 24.0. The first-order valence-corrected chi connectivity index (χ1v) is 3.83. The molecule has 4 heteroatoms. The second-order valence-electron chi connectivity index (χ2n) is 1.22. The van der Waals surface area contributed by atoms with Crippen molar-refractivity contribution >= 4 is 24.3 Å². The Kier molecular flexibility index (Phi) is 2.96. The van der Waals surface area contributed by atoms with Gasteiger partial charge in [-0.3, -0.25) is 0 Å². The van der Waals surface area contributed by atoms with Gasteiger partial charge in [0.1, 0.15) is 0 Å². The molecule has 1 N–H and O–H groups in total. The molecular formula is C3H7NOS2. The van der Waals surface area contributed by atoms with E-state index in [1.54, 1.807) is 0 Å². The molecule has 1 aliphatic rings. The van der Waals surface area contributed by atoms with Crippen LogP contribution in [0.4, 0.5) is 0 Å². The Labute approximate surface area is 51.9 Å². The zero-order valence-corrected chi connectivity index (χ0v) is 5.48. The van der Waals surface area contributed by atoms with Crippen LogP contribution in [-0.2, 0) is 3.63 Å². The minimum atomic E-state index is 1.07. The van der Waals surface area contributed by atoms with E-state index in [0.717, 1.165) is 12.3 Å². The van der Waals surface area contributed by atoms with Crippen LogP contribution in [-0.4, -0.2) is 12.3 Å². The first-order valence-electron chi connectivity index (χ1n) is 2.18. The van der Waals surface area contributed by atoms with Crippen molar-refractivity contribution in [3.8, 4) is 0 Å². The summed E-state index contributed by atoms with van der Waals surface area (Å²) in [5.41, 5.74) is 0. The minimum Gasteiger partial charge on any atom is -0.239 e. The molecule has 0 atom stereocenters. The first-order chi connectivity index (χ1) is 3.50. The summed E-state index contributed by atoms with van der Waals surface area (Å²) in [4.78, 5) is 0. The molecule has 7 heavy (non-hydrogen) atoms.